The molecule has 0 saturated heterocycles. The van der Waals surface area contributed by atoms with E-state index in [1.54, 1.807) is 11.3 Å². The van der Waals surface area contributed by atoms with Gasteiger partial charge in [0.05, 0.1) is 17.6 Å². The summed E-state index contributed by atoms with van der Waals surface area (Å²) >= 11 is 6.08. The van der Waals surface area contributed by atoms with E-state index in [9.17, 15) is 4.79 Å². The standard InChI is InChI=1S/C17H13ClN4O/c1-11-16(23)22-15-8-3-2-7-14(15)21(17(22)20-19-11)10-12-5-4-6-13(18)9-12/h2-9H,10H2,1H3. The molecule has 2 heterocycles. The molecule has 114 valence electrons. The first kappa shape index (κ1) is 14.0. The SMILES string of the molecule is Cc1nnc2n(Cc3cccc(Cl)c3)c3ccccc3n2c1=O. The second-order valence-corrected chi connectivity index (χ2v) is 5.87. The Kier molecular flexibility index (Phi) is 3.16. The zero-order valence-electron chi connectivity index (χ0n) is 12.4. The Bertz CT molecular complexity index is 1100. The van der Waals surface area contributed by atoms with E-state index in [1.807, 2.05) is 53.1 Å². The number of hydrogen-bond donors (Lipinski definition) is 0. The molecule has 0 unspecified atom stereocenters. The molecular weight excluding hydrogens is 312 g/mol. The van der Waals surface area contributed by atoms with Crippen LogP contribution < -0.4 is 5.56 Å². The predicted molar refractivity (Wildman–Crippen MR) is 90.0 cm³/mol. The topological polar surface area (TPSA) is 52.2 Å². The molecule has 0 saturated carbocycles. The lowest BCUT2D eigenvalue weighted by atomic mass is 10.2. The summed E-state index contributed by atoms with van der Waals surface area (Å²) in [5.74, 6) is 0.529. The van der Waals surface area contributed by atoms with E-state index < -0.39 is 0 Å². The van der Waals surface area contributed by atoms with Gasteiger partial charge in [-0.25, -0.2) is 4.40 Å². The van der Waals surface area contributed by atoms with E-state index in [2.05, 4.69) is 10.2 Å². The van der Waals surface area contributed by atoms with Gasteiger partial charge in [0.15, 0.2) is 0 Å². The summed E-state index contributed by atoms with van der Waals surface area (Å²) < 4.78 is 3.59. The van der Waals surface area contributed by atoms with Gasteiger partial charge in [-0.1, -0.05) is 35.9 Å². The van der Waals surface area contributed by atoms with Crippen LogP contribution in [0, 0.1) is 6.92 Å². The van der Waals surface area contributed by atoms with Gasteiger partial charge in [0, 0.05) is 5.02 Å². The van der Waals surface area contributed by atoms with Crippen LogP contribution in [-0.2, 0) is 6.54 Å². The second kappa shape index (κ2) is 5.21. The second-order valence-electron chi connectivity index (χ2n) is 5.43. The van der Waals surface area contributed by atoms with E-state index in [1.165, 1.54) is 0 Å². The number of rotatable bonds is 2. The maximum absolute atomic E-state index is 12.5. The molecule has 0 N–H and O–H groups in total. The van der Waals surface area contributed by atoms with Gasteiger partial charge in [0.1, 0.15) is 5.69 Å². The molecule has 0 aliphatic carbocycles. The van der Waals surface area contributed by atoms with Crippen molar-refractivity contribution >= 4 is 28.4 Å². The molecular formula is C17H13ClN4O. The number of fused-ring (bicyclic) bond motifs is 3. The number of hydrogen-bond acceptors (Lipinski definition) is 3. The number of aryl methyl sites for hydroxylation is 1. The van der Waals surface area contributed by atoms with Gasteiger partial charge in [0.2, 0.25) is 5.78 Å². The summed E-state index contributed by atoms with van der Waals surface area (Å²) in [6, 6.07) is 15.4. The number of halogens is 1. The fourth-order valence-electron chi connectivity index (χ4n) is 2.81. The van der Waals surface area contributed by atoms with E-state index in [4.69, 9.17) is 11.6 Å². The third-order valence-corrected chi connectivity index (χ3v) is 4.12. The molecule has 0 aliphatic rings. The van der Waals surface area contributed by atoms with Gasteiger partial charge in [-0.05, 0) is 36.8 Å². The average molecular weight is 325 g/mol. The highest BCUT2D eigenvalue weighted by Gasteiger charge is 2.15. The van der Waals surface area contributed by atoms with Crippen LogP contribution in [0.5, 0.6) is 0 Å². The van der Waals surface area contributed by atoms with Gasteiger partial charge in [-0.2, -0.15) is 0 Å². The molecule has 23 heavy (non-hydrogen) atoms. The van der Waals surface area contributed by atoms with Crippen molar-refractivity contribution in [3.63, 3.8) is 0 Å². The molecule has 2 aromatic heterocycles. The minimum Gasteiger partial charge on any atom is -0.304 e. The summed E-state index contributed by atoms with van der Waals surface area (Å²) in [6.45, 7) is 2.24. The molecule has 0 fully saturated rings. The van der Waals surface area contributed by atoms with Crippen molar-refractivity contribution < 1.29 is 0 Å². The van der Waals surface area contributed by atoms with Crippen molar-refractivity contribution in [1.82, 2.24) is 19.2 Å². The van der Waals surface area contributed by atoms with Crippen LogP contribution in [0.15, 0.2) is 53.3 Å². The molecule has 4 rings (SSSR count). The van der Waals surface area contributed by atoms with Crippen LogP contribution in [0.3, 0.4) is 0 Å². The van der Waals surface area contributed by atoms with Crippen LogP contribution in [-0.4, -0.2) is 19.2 Å². The van der Waals surface area contributed by atoms with Gasteiger partial charge in [-0.15, -0.1) is 10.2 Å². The van der Waals surface area contributed by atoms with Gasteiger partial charge >= 0.3 is 0 Å². The molecule has 0 radical (unpaired) electrons. The molecule has 0 atom stereocenters. The maximum Gasteiger partial charge on any atom is 0.281 e. The van der Waals surface area contributed by atoms with Crippen molar-refractivity contribution in [3.8, 4) is 0 Å². The first-order valence-corrected chi connectivity index (χ1v) is 7.60. The van der Waals surface area contributed by atoms with Gasteiger partial charge < -0.3 is 4.57 Å². The summed E-state index contributed by atoms with van der Waals surface area (Å²) in [5, 5.41) is 8.91. The highest BCUT2D eigenvalue weighted by atomic mass is 35.5. The Morgan fingerprint density at radius 3 is 2.61 bits per heavy atom. The number of para-hydroxylation sites is 2. The third-order valence-electron chi connectivity index (χ3n) is 3.89. The predicted octanol–water partition coefficient (Wildman–Crippen LogP) is 3.05. The highest BCUT2D eigenvalue weighted by molar-refractivity contribution is 6.30. The number of nitrogens with zero attached hydrogens (tertiary/aromatic N) is 4. The maximum atomic E-state index is 12.5. The minimum absolute atomic E-state index is 0.143. The Balaban J connectivity index is 2.05. The van der Waals surface area contributed by atoms with E-state index >= 15 is 0 Å². The first-order chi connectivity index (χ1) is 11.1. The summed E-state index contributed by atoms with van der Waals surface area (Å²) in [6.07, 6.45) is 0. The zero-order valence-corrected chi connectivity index (χ0v) is 13.2. The van der Waals surface area contributed by atoms with Crippen molar-refractivity contribution in [3.05, 3.63) is 75.2 Å². The third kappa shape index (κ3) is 2.21. The lowest BCUT2D eigenvalue weighted by Gasteiger charge is -2.06. The highest BCUT2D eigenvalue weighted by Crippen LogP contribution is 2.20. The van der Waals surface area contributed by atoms with Crippen molar-refractivity contribution in [2.24, 2.45) is 0 Å². The first-order valence-electron chi connectivity index (χ1n) is 7.23. The Labute approximate surface area is 136 Å². The molecule has 2 aromatic carbocycles. The number of imidazole rings is 1. The van der Waals surface area contributed by atoms with Crippen LogP contribution in [0.4, 0.5) is 0 Å². The quantitative estimate of drug-likeness (QED) is 0.569. The number of benzene rings is 2. The monoisotopic (exact) mass is 324 g/mol. The summed E-state index contributed by atoms with van der Waals surface area (Å²) in [5.41, 5.74) is 3.04. The van der Waals surface area contributed by atoms with Crippen LogP contribution >= 0.6 is 11.6 Å². The Morgan fingerprint density at radius 1 is 1.04 bits per heavy atom. The average Bonchev–Trinajstić information content (AvgIpc) is 2.86. The van der Waals surface area contributed by atoms with E-state index in [0.717, 1.165) is 16.6 Å². The molecule has 0 spiro atoms. The summed E-state index contributed by atoms with van der Waals surface area (Å²) in [7, 11) is 0. The fraction of sp³-hybridized carbons (Fsp3) is 0.118. The molecule has 0 amide bonds. The normalized spacial score (nSPS) is 11.4. The van der Waals surface area contributed by atoms with Gasteiger partial charge in [-0.3, -0.25) is 4.79 Å². The van der Waals surface area contributed by atoms with Crippen LogP contribution in [0.2, 0.25) is 5.02 Å². The Hall–Kier alpha value is -2.66. The van der Waals surface area contributed by atoms with Crippen LogP contribution in [0.1, 0.15) is 11.3 Å². The summed E-state index contributed by atoms with van der Waals surface area (Å²) in [4.78, 5) is 12.5. The largest absolute Gasteiger partial charge is 0.304 e. The minimum atomic E-state index is -0.143. The van der Waals surface area contributed by atoms with Crippen molar-refractivity contribution in [1.29, 1.82) is 0 Å². The van der Waals surface area contributed by atoms with Crippen molar-refractivity contribution in [2.45, 2.75) is 13.5 Å². The molecule has 0 aliphatic heterocycles. The van der Waals surface area contributed by atoms with Crippen molar-refractivity contribution in [2.75, 3.05) is 0 Å². The zero-order chi connectivity index (χ0) is 16.0. The van der Waals surface area contributed by atoms with E-state index in [-0.39, 0.29) is 5.56 Å². The lowest BCUT2D eigenvalue weighted by molar-refractivity contribution is 0.797. The molecule has 4 aromatic rings. The van der Waals surface area contributed by atoms with Crippen LogP contribution in [0.25, 0.3) is 16.8 Å². The van der Waals surface area contributed by atoms with E-state index in [0.29, 0.717) is 23.0 Å². The fourth-order valence-corrected chi connectivity index (χ4v) is 3.03. The molecule has 5 nitrogen and oxygen atoms in total. The smallest absolute Gasteiger partial charge is 0.281 e. The molecule has 6 heteroatoms. The molecule has 0 bridgehead atoms. The lowest BCUT2D eigenvalue weighted by Crippen LogP contribution is -2.19. The number of aromatic nitrogens is 4. The Morgan fingerprint density at radius 2 is 1.83 bits per heavy atom. The van der Waals surface area contributed by atoms with Gasteiger partial charge in [0.25, 0.3) is 5.56 Å².